The van der Waals surface area contributed by atoms with Gasteiger partial charge in [0, 0.05) is 30.9 Å². The number of rotatable bonds is 2. The molecule has 1 unspecified atom stereocenters. The van der Waals surface area contributed by atoms with E-state index in [1.165, 1.54) is 0 Å². The van der Waals surface area contributed by atoms with Crippen molar-refractivity contribution in [3.8, 4) is 0 Å². The van der Waals surface area contributed by atoms with Crippen molar-refractivity contribution in [2.24, 2.45) is 15.2 Å². The fourth-order valence-corrected chi connectivity index (χ4v) is 2.09. The summed E-state index contributed by atoms with van der Waals surface area (Å²) in [5.74, 6) is 0.843. The predicted octanol–water partition coefficient (Wildman–Crippen LogP) is 2.29. The zero-order valence-corrected chi connectivity index (χ0v) is 10.4. The molecule has 0 bridgehead atoms. The predicted molar refractivity (Wildman–Crippen MR) is 69.1 cm³/mol. The second-order valence-electron chi connectivity index (χ2n) is 4.27. The van der Waals surface area contributed by atoms with Crippen LogP contribution in [0.4, 0.5) is 0 Å². The molecule has 92 valence electrons. The average Bonchev–Trinajstić information content (AvgIpc) is 3.04. The van der Waals surface area contributed by atoms with Gasteiger partial charge in [-0.05, 0) is 13.0 Å². The molecule has 0 spiro atoms. The number of azo groups is 1. The van der Waals surface area contributed by atoms with Crippen molar-refractivity contribution < 1.29 is 0 Å². The highest BCUT2D eigenvalue weighted by molar-refractivity contribution is 6.07. The zero-order valence-electron chi connectivity index (χ0n) is 10.4. The molecule has 1 atom stereocenters. The maximum Gasteiger partial charge on any atom is 0.178 e. The molecule has 2 aromatic rings. The lowest BCUT2D eigenvalue weighted by molar-refractivity contribution is 0.697. The van der Waals surface area contributed by atoms with E-state index in [4.69, 9.17) is 0 Å². The van der Waals surface area contributed by atoms with Crippen LogP contribution in [0.25, 0.3) is 11.2 Å². The number of aliphatic imine (C=N–C) groups is 1. The summed E-state index contributed by atoms with van der Waals surface area (Å²) in [6, 6.07) is 1.99. The second kappa shape index (κ2) is 4.29. The number of aromatic nitrogens is 3. The van der Waals surface area contributed by atoms with Crippen molar-refractivity contribution in [2.75, 3.05) is 13.6 Å². The first-order valence-electron chi connectivity index (χ1n) is 5.94. The molecule has 3 rings (SSSR count). The highest BCUT2D eigenvalue weighted by Gasteiger charge is 2.20. The summed E-state index contributed by atoms with van der Waals surface area (Å²) in [6.07, 6.45) is 2.67. The first kappa shape index (κ1) is 11.0. The van der Waals surface area contributed by atoms with Gasteiger partial charge in [-0.15, -0.1) is 0 Å². The van der Waals surface area contributed by atoms with E-state index in [9.17, 15) is 0 Å². The molecule has 1 N–H and O–H groups in total. The van der Waals surface area contributed by atoms with Gasteiger partial charge in [-0.2, -0.15) is 10.2 Å². The Bertz CT molecular complexity index is 639. The minimum absolute atomic E-state index is 0.0471. The number of hydrogen-bond acceptors (Lipinski definition) is 5. The van der Waals surface area contributed by atoms with E-state index < -0.39 is 0 Å². The fraction of sp³-hybridized carbons (Fsp3) is 0.417. The summed E-state index contributed by atoms with van der Waals surface area (Å²) in [6.45, 7) is 2.75. The zero-order chi connectivity index (χ0) is 12.5. The lowest BCUT2D eigenvalue weighted by Gasteiger charge is -2.00. The van der Waals surface area contributed by atoms with Crippen molar-refractivity contribution in [3.63, 3.8) is 0 Å². The minimum Gasteiger partial charge on any atom is -0.338 e. The molecule has 0 amide bonds. The number of imidazole rings is 1. The highest BCUT2D eigenvalue weighted by atomic mass is 15.2. The Morgan fingerprint density at radius 1 is 1.50 bits per heavy atom. The molecule has 3 heterocycles. The van der Waals surface area contributed by atoms with Crippen LogP contribution in [0, 0.1) is 0 Å². The van der Waals surface area contributed by atoms with Crippen LogP contribution in [0.3, 0.4) is 0 Å². The molecular formula is C12H14N6. The molecule has 6 heteroatoms. The van der Waals surface area contributed by atoms with E-state index in [1.807, 2.05) is 13.0 Å². The molecule has 1 aliphatic rings. The second-order valence-corrected chi connectivity index (χ2v) is 4.27. The Morgan fingerprint density at radius 3 is 3.11 bits per heavy atom. The molecule has 6 nitrogen and oxygen atoms in total. The summed E-state index contributed by atoms with van der Waals surface area (Å²) < 4.78 is 0. The third-order valence-electron chi connectivity index (χ3n) is 3.17. The quantitative estimate of drug-likeness (QED) is 0.820. The highest BCUT2D eigenvalue weighted by Crippen LogP contribution is 2.26. The van der Waals surface area contributed by atoms with E-state index in [0.717, 1.165) is 35.6 Å². The van der Waals surface area contributed by atoms with Crippen molar-refractivity contribution in [2.45, 2.75) is 19.4 Å². The third kappa shape index (κ3) is 1.70. The molecule has 0 radical (unpaired) electrons. The number of pyridine rings is 1. The SMILES string of the molecule is CN=C(C)c1ccnc2nc(C3CCN=N3)[nH]c12. The van der Waals surface area contributed by atoms with Gasteiger partial charge in [0.25, 0.3) is 0 Å². The van der Waals surface area contributed by atoms with Gasteiger partial charge in [-0.1, -0.05) is 0 Å². The monoisotopic (exact) mass is 242 g/mol. The van der Waals surface area contributed by atoms with Gasteiger partial charge in [0.15, 0.2) is 5.65 Å². The van der Waals surface area contributed by atoms with Gasteiger partial charge >= 0.3 is 0 Å². The van der Waals surface area contributed by atoms with E-state index in [0.29, 0.717) is 5.65 Å². The molecule has 0 fully saturated rings. The molecular weight excluding hydrogens is 228 g/mol. The Balaban J connectivity index is 2.14. The first-order valence-corrected chi connectivity index (χ1v) is 5.94. The normalized spacial score (nSPS) is 19.9. The summed E-state index contributed by atoms with van der Waals surface area (Å²) in [4.78, 5) is 16.3. The minimum atomic E-state index is 0.0471. The fourth-order valence-electron chi connectivity index (χ4n) is 2.09. The van der Waals surface area contributed by atoms with Gasteiger partial charge in [-0.25, -0.2) is 9.97 Å². The number of fused-ring (bicyclic) bond motifs is 1. The van der Waals surface area contributed by atoms with Gasteiger partial charge in [-0.3, -0.25) is 4.99 Å². The van der Waals surface area contributed by atoms with Crippen LogP contribution in [0.1, 0.15) is 30.8 Å². The van der Waals surface area contributed by atoms with Gasteiger partial charge in [0.2, 0.25) is 0 Å². The lowest BCUT2D eigenvalue weighted by Crippen LogP contribution is -1.97. The Morgan fingerprint density at radius 2 is 2.39 bits per heavy atom. The molecule has 2 aromatic heterocycles. The largest absolute Gasteiger partial charge is 0.338 e. The number of nitrogens with zero attached hydrogens (tertiary/aromatic N) is 5. The maximum atomic E-state index is 4.50. The summed E-state index contributed by atoms with van der Waals surface area (Å²) in [5.41, 5.74) is 3.65. The van der Waals surface area contributed by atoms with Crippen molar-refractivity contribution in [3.05, 3.63) is 23.7 Å². The molecule has 0 aliphatic carbocycles. The average molecular weight is 242 g/mol. The standard InChI is InChI=1S/C12H14N6/c1-7(13-2)8-3-5-14-12-10(8)16-11(17-12)9-4-6-15-18-9/h3,5,9H,4,6H2,1-2H3,(H,14,16,17). The van der Waals surface area contributed by atoms with Crippen LogP contribution in [0.15, 0.2) is 27.5 Å². The lowest BCUT2D eigenvalue weighted by atomic mass is 10.1. The number of H-pyrrole nitrogens is 1. The molecule has 0 saturated heterocycles. The van der Waals surface area contributed by atoms with Crippen LogP contribution >= 0.6 is 0 Å². The van der Waals surface area contributed by atoms with Crippen molar-refractivity contribution in [1.29, 1.82) is 0 Å². The van der Waals surface area contributed by atoms with Crippen LogP contribution in [0.5, 0.6) is 0 Å². The van der Waals surface area contributed by atoms with Crippen LogP contribution in [0.2, 0.25) is 0 Å². The summed E-state index contributed by atoms with van der Waals surface area (Å²) >= 11 is 0. The van der Waals surface area contributed by atoms with Gasteiger partial charge in [0.1, 0.15) is 11.9 Å². The van der Waals surface area contributed by atoms with Crippen molar-refractivity contribution in [1.82, 2.24) is 15.0 Å². The first-order chi connectivity index (χ1) is 8.79. The van der Waals surface area contributed by atoms with Gasteiger partial charge in [0.05, 0.1) is 12.1 Å². The van der Waals surface area contributed by atoms with E-state index in [1.54, 1.807) is 13.2 Å². The van der Waals surface area contributed by atoms with Gasteiger partial charge < -0.3 is 4.98 Å². The smallest absolute Gasteiger partial charge is 0.178 e. The Kier molecular flexibility index (Phi) is 2.62. The Labute approximate surface area is 104 Å². The summed E-state index contributed by atoms with van der Waals surface area (Å²) in [5, 5.41) is 8.17. The molecule has 0 saturated carbocycles. The number of hydrogen-bond donors (Lipinski definition) is 1. The van der Waals surface area contributed by atoms with Crippen molar-refractivity contribution >= 4 is 16.9 Å². The maximum absolute atomic E-state index is 4.50. The summed E-state index contributed by atoms with van der Waals surface area (Å²) in [7, 11) is 1.78. The molecule has 1 aliphatic heterocycles. The van der Waals surface area contributed by atoms with E-state index >= 15 is 0 Å². The number of aromatic amines is 1. The topological polar surface area (TPSA) is 78.7 Å². The molecule has 0 aromatic carbocycles. The molecule has 18 heavy (non-hydrogen) atoms. The third-order valence-corrected chi connectivity index (χ3v) is 3.17. The number of nitrogens with one attached hydrogen (secondary N) is 1. The van der Waals surface area contributed by atoms with Crippen LogP contribution < -0.4 is 0 Å². The van der Waals surface area contributed by atoms with Crippen LogP contribution in [-0.4, -0.2) is 34.3 Å². The van der Waals surface area contributed by atoms with E-state index in [-0.39, 0.29) is 6.04 Å². The Hall–Kier alpha value is -2.11. The van der Waals surface area contributed by atoms with Crippen LogP contribution in [-0.2, 0) is 0 Å². The van der Waals surface area contributed by atoms with E-state index in [2.05, 4.69) is 30.2 Å².